The Kier molecular flexibility index (Phi) is 4.73. The molecule has 3 aliphatic rings. The first-order valence-corrected chi connectivity index (χ1v) is 9.53. The van der Waals surface area contributed by atoms with Gasteiger partial charge >= 0.3 is 0 Å². The smallest absolute Gasteiger partial charge is 0.226 e. The van der Waals surface area contributed by atoms with Crippen LogP contribution >= 0.6 is 0 Å². The fourth-order valence-electron chi connectivity index (χ4n) is 4.90. The molecule has 1 spiro atoms. The first-order chi connectivity index (χ1) is 12.2. The van der Waals surface area contributed by atoms with Crippen LogP contribution in [0.1, 0.15) is 37.1 Å². The Labute approximate surface area is 149 Å². The van der Waals surface area contributed by atoms with E-state index in [1.807, 2.05) is 24.2 Å². The van der Waals surface area contributed by atoms with E-state index < -0.39 is 0 Å². The number of aryl methyl sites for hydroxylation is 1. The van der Waals surface area contributed by atoms with Crippen molar-refractivity contribution < 1.29 is 9.53 Å². The van der Waals surface area contributed by atoms with Crippen molar-refractivity contribution in [1.29, 1.82) is 0 Å². The highest BCUT2D eigenvalue weighted by Crippen LogP contribution is 2.50. The topological polar surface area (TPSA) is 58.6 Å². The molecule has 2 aliphatic heterocycles. The van der Waals surface area contributed by atoms with E-state index in [1.165, 1.54) is 12.8 Å². The van der Waals surface area contributed by atoms with Gasteiger partial charge in [-0.15, -0.1) is 0 Å². The maximum absolute atomic E-state index is 13.1. The van der Waals surface area contributed by atoms with Gasteiger partial charge in [-0.25, -0.2) is 9.97 Å². The number of aromatic nitrogens is 2. The number of morpholine rings is 1. The van der Waals surface area contributed by atoms with Gasteiger partial charge in [0.25, 0.3) is 0 Å². The standard InChI is InChI=1S/C19H28N4O2/c1-15-20-11-16(12-21-15)13-22-6-5-19(14-22)4-2-3-17(19)18(24)23-7-9-25-10-8-23/h11-12,17H,2-10,13-14H2,1H3/t17-,19-/m1/s1. The molecular formula is C19H28N4O2. The molecule has 1 saturated carbocycles. The Morgan fingerprint density at radius 3 is 2.76 bits per heavy atom. The number of hydrogen-bond donors (Lipinski definition) is 0. The Morgan fingerprint density at radius 1 is 1.24 bits per heavy atom. The summed E-state index contributed by atoms with van der Waals surface area (Å²) in [6, 6.07) is 0. The molecule has 2 saturated heterocycles. The quantitative estimate of drug-likeness (QED) is 0.834. The van der Waals surface area contributed by atoms with Crippen LogP contribution in [0.5, 0.6) is 0 Å². The molecule has 6 nitrogen and oxygen atoms in total. The number of carbonyl (C=O) groups is 1. The average Bonchev–Trinajstić information content (AvgIpc) is 3.24. The van der Waals surface area contributed by atoms with Crippen molar-refractivity contribution in [2.24, 2.45) is 11.3 Å². The lowest BCUT2D eigenvalue weighted by molar-refractivity contribution is -0.143. The molecule has 3 fully saturated rings. The van der Waals surface area contributed by atoms with Crippen molar-refractivity contribution in [2.45, 2.75) is 39.2 Å². The zero-order chi connectivity index (χ0) is 17.3. The van der Waals surface area contributed by atoms with Crippen LogP contribution in [0.15, 0.2) is 12.4 Å². The summed E-state index contributed by atoms with van der Waals surface area (Å²) in [7, 11) is 0. The van der Waals surface area contributed by atoms with E-state index in [4.69, 9.17) is 4.74 Å². The van der Waals surface area contributed by atoms with Gasteiger partial charge in [0.05, 0.1) is 13.2 Å². The summed E-state index contributed by atoms with van der Waals surface area (Å²) in [6.45, 7) is 7.79. The molecule has 6 heteroatoms. The van der Waals surface area contributed by atoms with Gasteiger partial charge in [0.1, 0.15) is 5.82 Å². The number of likely N-dealkylation sites (tertiary alicyclic amines) is 1. The second kappa shape index (κ2) is 7.00. The Morgan fingerprint density at radius 2 is 2.00 bits per heavy atom. The molecule has 25 heavy (non-hydrogen) atoms. The van der Waals surface area contributed by atoms with Gasteiger partial charge in [-0.3, -0.25) is 9.69 Å². The summed E-state index contributed by atoms with van der Waals surface area (Å²) in [4.78, 5) is 26.2. The predicted octanol–water partition coefficient (Wildman–Crippen LogP) is 1.64. The summed E-state index contributed by atoms with van der Waals surface area (Å²) in [5.41, 5.74) is 1.35. The minimum Gasteiger partial charge on any atom is -0.378 e. The van der Waals surface area contributed by atoms with Crippen LogP contribution in [0.25, 0.3) is 0 Å². The summed E-state index contributed by atoms with van der Waals surface area (Å²) >= 11 is 0. The summed E-state index contributed by atoms with van der Waals surface area (Å²) in [5.74, 6) is 1.39. The first-order valence-electron chi connectivity index (χ1n) is 9.53. The molecule has 2 atom stereocenters. The lowest BCUT2D eigenvalue weighted by Crippen LogP contribution is -2.47. The number of nitrogens with zero attached hydrogens (tertiary/aromatic N) is 4. The minimum absolute atomic E-state index is 0.181. The van der Waals surface area contributed by atoms with E-state index in [2.05, 4.69) is 14.9 Å². The molecular weight excluding hydrogens is 316 g/mol. The van der Waals surface area contributed by atoms with Crippen LogP contribution in [-0.4, -0.2) is 65.1 Å². The predicted molar refractivity (Wildman–Crippen MR) is 93.8 cm³/mol. The fraction of sp³-hybridized carbons (Fsp3) is 0.737. The molecule has 0 radical (unpaired) electrons. The highest BCUT2D eigenvalue weighted by molar-refractivity contribution is 5.80. The van der Waals surface area contributed by atoms with Crippen molar-refractivity contribution in [3.8, 4) is 0 Å². The molecule has 0 unspecified atom stereocenters. The second-order valence-corrected chi connectivity index (χ2v) is 7.84. The molecule has 1 aromatic heterocycles. The Bertz CT molecular complexity index is 614. The Balaban J connectivity index is 1.42. The van der Waals surface area contributed by atoms with E-state index in [0.717, 1.165) is 57.0 Å². The van der Waals surface area contributed by atoms with Crippen molar-refractivity contribution in [1.82, 2.24) is 19.8 Å². The normalized spacial score (nSPS) is 30.3. The van der Waals surface area contributed by atoms with Crippen LogP contribution in [-0.2, 0) is 16.1 Å². The highest BCUT2D eigenvalue weighted by Gasteiger charge is 2.51. The third-order valence-corrected chi connectivity index (χ3v) is 6.23. The van der Waals surface area contributed by atoms with E-state index in [9.17, 15) is 4.79 Å². The van der Waals surface area contributed by atoms with Crippen molar-refractivity contribution in [3.05, 3.63) is 23.8 Å². The number of ether oxygens (including phenoxy) is 1. The molecule has 0 bridgehead atoms. The number of rotatable bonds is 3. The van der Waals surface area contributed by atoms with E-state index in [0.29, 0.717) is 19.1 Å². The molecule has 0 aromatic carbocycles. The molecule has 4 rings (SSSR count). The largest absolute Gasteiger partial charge is 0.378 e. The van der Waals surface area contributed by atoms with Crippen LogP contribution in [0.4, 0.5) is 0 Å². The van der Waals surface area contributed by atoms with Crippen LogP contribution in [0, 0.1) is 18.3 Å². The number of amides is 1. The maximum atomic E-state index is 13.1. The second-order valence-electron chi connectivity index (χ2n) is 7.84. The lowest BCUT2D eigenvalue weighted by atomic mass is 9.76. The highest BCUT2D eigenvalue weighted by atomic mass is 16.5. The average molecular weight is 344 g/mol. The van der Waals surface area contributed by atoms with Crippen LogP contribution < -0.4 is 0 Å². The van der Waals surface area contributed by atoms with Gasteiger partial charge in [0, 0.05) is 50.1 Å². The van der Waals surface area contributed by atoms with Gasteiger partial charge < -0.3 is 9.64 Å². The van der Waals surface area contributed by atoms with Gasteiger partial charge in [0.2, 0.25) is 5.91 Å². The van der Waals surface area contributed by atoms with Crippen molar-refractivity contribution >= 4 is 5.91 Å². The third kappa shape index (κ3) is 3.42. The first kappa shape index (κ1) is 16.9. The number of hydrogen-bond acceptors (Lipinski definition) is 5. The summed E-state index contributed by atoms with van der Waals surface area (Å²) in [6.07, 6.45) is 8.42. The molecule has 0 N–H and O–H groups in total. The third-order valence-electron chi connectivity index (χ3n) is 6.23. The van der Waals surface area contributed by atoms with E-state index in [-0.39, 0.29) is 11.3 Å². The van der Waals surface area contributed by atoms with Gasteiger partial charge in [-0.05, 0) is 38.1 Å². The maximum Gasteiger partial charge on any atom is 0.226 e. The van der Waals surface area contributed by atoms with E-state index >= 15 is 0 Å². The number of carbonyl (C=O) groups excluding carboxylic acids is 1. The van der Waals surface area contributed by atoms with Gasteiger partial charge in [-0.2, -0.15) is 0 Å². The van der Waals surface area contributed by atoms with Crippen LogP contribution in [0.2, 0.25) is 0 Å². The minimum atomic E-state index is 0.181. The zero-order valence-electron chi connectivity index (χ0n) is 15.1. The molecule has 1 aliphatic carbocycles. The lowest BCUT2D eigenvalue weighted by Gasteiger charge is -2.36. The molecule has 3 heterocycles. The van der Waals surface area contributed by atoms with Gasteiger partial charge in [-0.1, -0.05) is 6.42 Å². The SMILES string of the molecule is Cc1ncc(CN2CC[C@]3(CCC[C@@H]3C(=O)N3CCOCC3)C2)cn1. The van der Waals surface area contributed by atoms with Crippen molar-refractivity contribution in [3.63, 3.8) is 0 Å². The van der Waals surface area contributed by atoms with E-state index in [1.54, 1.807) is 0 Å². The van der Waals surface area contributed by atoms with Crippen LogP contribution in [0.3, 0.4) is 0 Å². The molecule has 136 valence electrons. The molecule has 1 aromatic rings. The summed E-state index contributed by atoms with van der Waals surface area (Å²) in [5, 5.41) is 0. The fourth-order valence-corrected chi connectivity index (χ4v) is 4.90. The molecule has 1 amide bonds. The summed E-state index contributed by atoms with van der Waals surface area (Å²) < 4.78 is 5.41. The van der Waals surface area contributed by atoms with Gasteiger partial charge in [0.15, 0.2) is 0 Å². The Hall–Kier alpha value is -1.53. The van der Waals surface area contributed by atoms with Crippen molar-refractivity contribution in [2.75, 3.05) is 39.4 Å². The zero-order valence-corrected chi connectivity index (χ0v) is 15.1. The monoisotopic (exact) mass is 344 g/mol.